The minimum absolute atomic E-state index is 0.133. The Balaban J connectivity index is 3.69. The number of likely N-dealkylation sites (N-methyl/N-ethyl adjacent to an activating group) is 1. The van der Waals surface area contributed by atoms with Crippen molar-refractivity contribution in [1.82, 2.24) is 10.6 Å². The van der Waals surface area contributed by atoms with Crippen LogP contribution in [-0.2, 0) is 28.5 Å². The molecule has 148 valence electrons. The van der Waals surface area contributed by atoms with Crippen LogP contribution in [0.25, 0.3) is 0 Å². The van der Waals surface area contributed by atoms with Crippen LogP contribution >= 0.6 is 0 Å². The first-order valence-corrected chi connectivity index (χ1v) is 8.60. The molecule has 0 radical (unpaired) electrons. The molecule has 0 saturated heterocycles. The number of methoxy groups -OCH3 is 1. The lowest BCUT2D eigenvalue weighted by Gasteiger charge is -2.16. The summed E-state index contributed by atoms with van der Waals surface area (Å²) in [6.07, 6.45) is 2.02. The van der Waals surface area contributed by atoms with E-state index in [-0.39, 0.29) is 12.5 Å². The highest BCUT2D eigenvalue weighted by Gasteiger charge is 2.20. The van der Waals surface area contributed by atoms with E-state index in [0.29, 0.717) is 46.0 Å². The molecule has 0 saturated carbocycles. The quantitative estimate of drug-likeness (QED) is 0.223. The molecule has 0 aliphatic heterocycles. The van der Waals surface area contributed by atoms with Crippen LogP contribution in [0.4, 0.5) is 0 Å². The molecule has 0 fully saturated rings. The number of hydrogen-bond acceptors (Lipinski definition) is 8. The molecule has 9 nitrogen and oxygen atoms in total. The van der Waals surface area contributed by atoms with Crippen molar-refractivity contribution in [2.75, 3.05) is 66.9 Å². The fraction of sp³-hybridized carbons (Fsp3) is 0.875. The third-order valence-electron chi connectivity index (χ3n) is 3.24. The average molecular weight is 363 g/mol. The second kappa shape index (κ2) is 17.6. The van der Waals surface area contributed by atoms with Crippen LogP contribution in [0, 0.1) is 0 Å². The van der Waals surface area contributed by atoms with E-state index in [1.165, 1.54) is 7.11 Å². The lowest BCUT2D eigenvalue weighted by Crippen LogP contribution is -2.43. The van der Waals surface area contributed by atoms with Gasteiger partial charge < -0.3 is 35.3 Å². The summed E-state index contributed by atoms with van der Waals surface area (Å²) >= 11 is 0. The fourth-order valence-electron chi connectivity index (χ4n) is 1.90. The third kappa shape index (κ3) is 14.8. The Morgan fingerprint density at radius 1 is 1.00 bits per heavy atom. The van der Waals surface area contributed by atoms with Gasteiger partial charge in [-0.25, -0.2) is 4.79 Å². The molecule has 0 aliphatic carbocycles. The Labute approximate surface area is 149 Å². The van der Waals surface area contributed by atoms with Gasteiger partial charge in [0.25, 0.3) is 0 Å². The maximum absolute atomic E-state index is 11.8. The van der Waals surface area contributed by atoms with Gasteiger partial charge in [-0.2, -0.15) is 0 Å². The van der Waals surface area contributed by atoms with Crippen LogP contribution in [0.5, 0.6) is 0 Å². The summed E-state index contributed by atoms with van der Waals surface area (Å²) in [5.74, 6) is -0.828. The largest absolute Gasteiger partial charge is 0.467 e. The first-order chi connectivity index (χ1) is 12.2. The molecule has 0 rings (SSSR count). The van der Waals surface area contributed by atoms with E-state index in [2.05, 4.69) is 15.4 Å². The Bertz CT molecular complexity index is 344. The van der Waals surface area contributed by atoms with Gasteiger partial charge in [0.2, 0.25) is 5.91 Å². The Kier molecular flexibility index (Phi) is 16.7. The molecule has 25 heavy (non-hydrogen) atoms. The molecule has 9 heteroatoms. The fourth-order valence-corrected chi connectivity index (χ4v) is 1.90. The summed E-state index contributed by atoms with van der Waals surface area (Å²) < 4.78 is 20.5. The molecule has 0 bridgehead atoms. The van der Waals surface area contributed by atoms with E-state index < -0.39 is 12.0 Å². The first kappa shape index (κ1) is 23.7. The first-order valence-electron chi connectivity index (χ1n) is 8.60. The molecule has 0 aliphatic rings. The lowest BCUT2D eigenvalue weighted by atomic mass is 10.1. The highest BCUT2D eigenvalue weighted by Crippen LogP contribution is 2.02. The van der Waals surface area contributed by atoms with Crippen molar-refractivity contribution in [1.29, 1.82) is 0 Å². The summed E-state index contributed by atoms with van der Waals surface area (Å²) in [7, 11) is 3.15. The van der Waals surface area contributed by atoms with Gasteiger partial charge in [-0.05, 0) is 32.9 Å². The number of amides is 1. The third-order valence-corrected chi connectivity index (χ3v) is 3.24. The molecule has 4 N–H and O–H groups in total. The smallest absolute Gasteiger partial charge is 0.328 e. The number of hydrogen-bond donors (Lipinski definition) is 3. The van der Waals surface area contributed by atoms with Gasteiger partial charge in [0.15, 0.2) is 0 Å². The van der Waals surface area contributed by atoms with Crippen LogP contribution in [0.1, 0.15) is 19.3 Å². The van der Waals surface area contributed by atoms with Crippen molar-refractivity contribution in [2.24, 2.45) is 5.73 Å². The van der Waals surface area contributed by atoms with E-state index in [4.69, 9.17) is 19.9 Å². The van der Waals surface area contributed by atoms with Gasteiger partial charge in [0, 0.05) is 6.54 Å². The van der Waals surface area contributed by atoms with E-state index in [9.17, 15) is 9.59 Å². The van der Waals surface area contributed by atoms with Gasteiger partial charge in [0.05, 0.1) is 40.1 Å². The minimum atomic E-state index is -0.668. The molecule has 0 aromatic heterocycles. The zero-order valence-electron chi connectivity index (χ0n) is 15.4. The van der Waals surface area contributed by atoms with Crippen molar-refractivity contribution >= 4 is 11.9 Å². The number of unbranched alkanes of at least 4 members (excludes halogenated alkanes) is 1. The predicted molar refractivity (Wildman–Crippen MR) is 93.2 cm³/mol. The molecule has 1 atom stereocenters. The number of nitrogens with two attached hydrogens (primary N) is 1. The van der Waals surface area contributed by atoms with Gasteiger partial charge >= 0.3 is 5.97 Å². The highest BCUT2D eigenvalue weighted by atomic mass is 16.5. The van der Waals surface area contributed by atoms with E-state index in [1.54, 1.807) is 0 Å². The molecule has 0 spiro atoms. The Morgan fingerprint density at radius 3 is 2.24 bits per heavy atom. The Hall–Kier alpha value is -1.26. The number of esters is 1. The number of nitrogens with one attached hydrogen (secondary N) is 2. The monoisotopic (exact) mass is 363 g/mol. The second-order valence-electron chi connectivity index (χ2n) is 5.31. The van der Waals surface area contributed by atoms with Gasteiger partial charge in [0.1, 0.15) is 12.6 Å². The predicted octanol–water partition coefficient (Wildman–Crippen LogP) is -0.958. The number of carbonyl (C=O) groups is 2. The van der Waals surface area contributed by atoms with Crippen LogP contribution in [0.2, 0.25) is 0 Å². The summed E-state index contributed by atoms with van der Waals surface area (Å²) in [4.78, 5) is 23.4. The lowest BCUT2D eigenvalue weighted by molar-refractivity contribution is -0.146. The van der Waals surface area contributed by atoms with Crippen molar-refractivity contribution in [3.05, 3.63) is 0 Å². The molecule has 0 unspecified atom stereocenters. The van der Waals surface area contributed by atoms with E-state index in [1.807, 2.05) is 7.05 Å². The summed E-state index contributed by atoms with van der Waals surface area (Å²) in [6.45, 7) is 3.52. The zero-order chi connectivity index (χ0) is 18.8. The van der Waals surface area contributed by atoms with Crippen molar-refractivity contribution in [3.63, 3.8) is 0 Å². The molecule has 0 heterocycles. The molecule has 0 aromatic rings. The highest BCUT2D eigenvalue weighted by molar-refractivity contribution is 5.84. The van der Waals surface area contributed by atoms with E-state index >= 15 is 0 Å². The van der Waals surface area contributed by atoms with Crippen molar-refractivity contribution in [3.8, 4) is 0 Å². The summed E-state index contributed by atoms with van der Waals surface area (Å²) in [6, 6.07) is -0.668. The maximum Gasteiger partial charge on any atom is 0.328 e. The van der Waals surface area contributed by atoms with Crippen LogP contribution in [0.15, 0.2) is 0 Å². The van der Waals surface area contributed by atoms with Gasteiger partial charge in [-0.15, -0.1) is 0 Å². The number of carbonyl (C=O) groups excluding carboxylic acids is 2. The van der Waals surface area contributed by atoms with Gasteiger partial charge in [-0.3, -0.25) is 4.79 Å². The van der Waals surface area contributed by atoms with E-state index in [0.717, 1.165) is 19.4 Å². The van der Waals surface area contributed by atoms with Crippen LogP contribution in [0.3, 0.4) is 0 Å². The zero-order valence-corrected chi connectivity index (χ0v) is 15.4. The molecule has 0 aromatic carbocycles. The summed E-state index contributed by atoms with van der Waals surface area (Å²) in [5.41, 5.74) is 5.42. The molecular formula is C16H33N3O6. The second-order valence-corrected chi connectivity index (χ2v) is 5.31. The van der Waals surface area contributed by atoms with Crippen LogP contribution < -0.4 is 16.4 Å². The average Bonchev–Trinajstić information content (AvgIpc) is 2.62. The standard InChI is InChI=1S/C16H33N3O6/c1-18-7-8-23-9-10-24-11-12-25-13-15(20)19-14(16(21)22-2)5-3-4-6-17/h14,18H,3-13,17H2,1-2H3,(H,19,20)/t14-/m0/s1. The number of rotatable bonds is 17. The maximum atomic E-state index is 11.8. The van der Waals surface area contributed by atoms with Gasteiger partial charge in [-0.1, -0.05) is 0 Å². The van der Waals surface area contributed by atoms with Crippen LogP contribution in [-0.4, -0.2) is 84.8 Å². The SMILES string of the molecule is CNCCOCCOCCOCC(=O)N[C@@H](CCCCN)C(=O)OC. The van der Waals surface area contributed by atoms with Crippen molar-refractivity contribution < 1.29 is 28.5 Å². The summed E-state index contributed by atoms with van der Waals surface area (Å²) in [5, 5.41) is 5.59. The number of ether oxygens (including phenoxy) is 4. The topological polar surface area (TPSA) is 121 Å². The molecular weight excluding hydrogens is 330 g/mol. The minimum Gasteiger partial charge on any atom is -0.467 e. The normalized spacial score (nSPS) is 12.0. The molecule has 1 amide bonds. The van der Waals surface area contributed by atoms with Crippen molar-refractivity contribution in [2.45, 2.75) is 25.3 Å². The Morgan fingerprint density at radius 2 is 1.64 bits per heavy atom.